The van der Waals surface area contributed by atoms with Crippen molar-refractivity contribution in [1.82, 2.24) is 9.97 Å². The predicted octanol–water partition coefficient (Wildman–Crippen LogP) is 1.56. The molecule has 0 spiro atoms. The molecule has 1 aromatic heterocycles. The van der Waals surface area contributed by atoms with Crippen LogP contribution in [0.4, 0.5) is 5.69 Å². The van der Waals surface area contributed by atoms with Gasteiger partial charge in [-0.15, -0.1) is 0 Å². The van der Waals surface area contributed by atoms with Gasteiger partial charge in [-0.2, -0.15) is 0 Å². The molecule has 6 nitrogen and oxygen atoms in total. The Balaban J connectivity index is 1.41. The van der Waals surface area contributed by atoms with E-state index in [-0.39, 0.29) is 17.6 Å². The maximum Gasteiger partial charge on any atom is 0.323 e. The van der Waals surface area contributed by atoms with E-state index in [2.05, 4.69) is 45.6 Å². The highest BCUT2D eigenvalue weighted by Gasteiger charge is 2.27. The summed E-state index contributed by atoms with van der Waals surface area (Å²) in [6, 6.07) is 15.6. The normalized spacial score (nSPS) is 18.1. The zero-order valence-corrected chi connectivity index (χ0v) is 15.2. The number of fused-ring (bicyclic) bond motifs is 1. The van der Waals surface area contributed by atoms with Gasteiger partial charge in [-0.1, -0.05) is 30.3 Å². The lowest BCUT2D eigenvalue weighted by Crippen LogP contribution is -3.17. The quantitative estimate of drug-likeness (QED) is 0.567. The summed E-state index contributed by atoms with van der Waals surface area (Å²) in [6.07, 6.45) is 3.21. The SMILES string of the molecule is C[C@H](C(=O)Nc1ccc2[nH]c(=O)[nH]c2c1)[NH+]1CC=C(c2ccccc2)CC1. The second-order valence-electron chi connectivity index (χ2n) is 7.01. The fourth-order valence-electron chi connectivity index (χ4n) is 3.61. The van der Waals surface area contributed by atoms with Crippen LogP contribution in [0.2, 0.25) is 0 Å². The van der Waals surface area contributed by atoms with Crippen LogP contribution >= 0.6 is 0 Å². The third-order valence-electron chi connectivity index (χ3n) is 5.26. The average molecular weight is 363 g/mol. The number of aromatic nitrogens is 2. The lowest BCUT2D eigenvalue weighted by molar-refractivity contribution is -0.909. The molecule has 0 saturated heterocycles. The first kappa shape index (κ1) is 17.3. The van der Waals surface area contributed by atoms with Gasteiger partial charge in [0.25, 0.3) is 5.91 Å². The summed E-state index contributed by atoms with van der Waals surface area (Å²) in [5.41, 5.74) is 4.47. The smallest absolute Gasteiger partial charge is 0.321 e. The number of rotatable bonds is 4. The van der Waals surface area contributed by atoms with E-state index >= 15 is 0 Å². The number of nitrogens with one attached hydrogen (secondary N) is 4. The highest BCUT2D eigenvalue weighted by atomic mass is 16.2. The van der Waals surface area contributed by atoms with Crippen molar-refractivity contribution in [2.75, 3.05) is 18.4 Å². The molecular formula is C21H23N4O2+. The Morgan fingerprint density at radius 1 is 1.11 bits per heavy atom. The third kappa shape index (κ3) is 3.71. The predicted molar refractivity (Wildman–Crippen MR) is 107 cm³/mol. The van der Waals surface area contributed by atoms with E-state index in [1.54, 1.807) is 18.2 Å². The van der Waals surface area contributed by atoms with Crippen molar-refractivity contribution in [1.29, 1.82) is 0 Å². The molecule has 2 heterocycles. The van der Waals surface area contributed by atoms with E-state index in [1.165, 1.54) is 16.0 Å². The van der Waals surface area contributed by atoms with Gasteiger partial charge in [-0.05, 0) is 42.3 Å². The first-order valence-electron chi connectivity index (χ1n) is 9.22. The van der Waals surface area contributed by atoms with Crippen molar-refractivity contribution in [2.24, 2.45) is 0 Å². The van der Waals surface area contributed by atoms with E-state index in [9.17, 15) is 9.59 Å². The Morgan fingerprint density at radius 3 is 2.63 bits per heavy atom. The van der Waals surface area contributed by atoms with Crippen LogP contribution in [0.3, 0.4) is 0 Å². The topological polar surface area (TPSA) is 82.2 Å². The van der Waals surface area contributed by atoms with Gasteiger partial charge in [-0.25, -0.2) is 4.79 Å². The largest absolute Gasteiger partial charge is 0.323 e. The maximum atomic E-state index is 12.7. The van der Waals surface area contributed by atoms with Crippen LogP contribution in [0, 0.1) is 0 Å². The molecule has 1 aliphatic heterocycles. The molecule has 1 amide bonds. The molecule has 1 unspecified atom stereocenters. The van der Waals surface area contributed by atoms with Gasteiger partial charge < -0.3 is 20.2 Å². The molecule has 4 N–H and O–H groups in total. The van der Waals surface area contributed by atoms with Crippen molar-refractivity contribution < 1.29 is 9.69 Å². The van der Waals surface area contributed by atoms with Crippen LogP contribution < -0.4 is 15.9 Å². The molecule has 138 valence electrons. The van der Waals surface area contributed by atoms with Gasteiger partial charge in [-0.3, -0.25) is 4.79 Å². The van der Waals surface area contributed by atoms with Crippen LogP contribution in [0.15, 0.2) is 59.4 Å². The molecule has 0 fully saturated rings. The number of quaternary nitrogens is 1. The van der Waals surface area contributed by atoms with Crippen LogP contribution in [0.5, 0.6) is 0 Å². The lowest BCUT2D eigenvalue weighted by Gasteiger charge is -2.28. The zero-order valence-electron chi connectivity index (χ0n) is 15.2. The number of anilines is 1. The Morgan fingerprint density at radius 2 is 1.89 bits per heavy atom. The minimum absolute atomic E-state index is 0.0150. The number of amides is 1. The van der Waals surface area contributed by atoms with Gasteiger partial charge in [0, 0.05) is 12.1 Å². The zero-order chi connectivity index (χ0) is 18.8. The average Bonchev–Trinajstić information content (AvgIpc) is 3.07. The first-order valence-corrected chi connectivity index (χ1v) is 9.22. The summed E-state index contributed by atoms with van der Waals surface area (Å²) in [6.45, 7) is 3.73. The minimum atomic E-state index is -0.249. The molecule has 0 aliphatic carbocycles. The Labute approximate surface area is 156 Å². The van der Waals surface area contributed by atoms with Crippen molar-refractivity contribution in [3.63, 3.8) is 0 Å². The first-order chi connectivity index (χ1) is 13.1. The molecular weight excluding hydrogens is 340 g/mol. The van der Waals surface area contributed by atoms with E-state index in [1.807, 2.05) is 13.0 Å². The second kappa shape index (κ2) is 7.25. The van der Waals surface area contributed by atoms with Crippen LogP contribution in [-0.4, -0.2) is 35.0 Å². The third-order valence-corrected chi connectivity index (χ3v) is 5.26. The van der Waals surface area contributed by atoms with E-state index in [4.69, 9.17) is 0 Å². The summed E-state index contributed by atoms with van der Waals surface area (Å²) in [4.78, 5) is 30.7. The molecule has 2 atom stereocenters. The van der Waals surface area contributed by atoms with Crippen molar-refractivity contribution in [2.45, 2.75) is 19.4 Å². The maximum absolute atomic E-state index is 12.7. The van der Waals surface area contributed by atoms with Gasteiger partial charge in [0.05, 0.1) is 24.1 Å². The van der Waals surface area contributed by atoms with Gasteiger partial charge >= 0.3 is 5.69 Å². The van der Waals surface area contributed by atoms with Gasteiger partial charge in [0.2, 0.25) is 0 Å². The molecule has 1 aliphatic rings. The molecule has 6 heteroatoms. The Kier molecular flexibility index (Phi) is 4.64. The molecule has 0 radical (unpaired) electrons. The summed E-state index contributed by atoms with van der Waals surface area (Å²) < 4.78 is 0. The van der Waals surface area contributed by atoms with Crippen molar-refractivity contribution >= 4 is 28.2 Å². The van der Waals surface area contributed by atoms with Crippen molar-refractivity contribution in [3.8, 4) is 0 Å². The van der Waals surface area contributed by atoms with Gasteiger partial charge in [0.1, 0.15) is 0 Å². The van der Waals surface area contributed by atoms with Crippen LogP contribution in [0.25, 0.3) is 16.6 Å². The number of benzene rings is 2. The summed E-state index contributed by atoms with van der Waals surface area (Å²) >= 11 is 0. The monoisotopic (exact) mass is 363 g/mol. The number of H-pyrrole nitrogens is 2. The fourth-order valence-corrected chi connectivity index (χ4v) is 3.61. The number of aromatic amines is 2. The van der Waals surface area contributed by atoms with Crippen LogP contribution in [0.1, 0.15) is 18.9 Å². The fraction of sp³-hybridized carbons (Fsp3) is 0.238. The summed E-state index contributed by atoms with van der Waals surface area (Å²) in [7, 11) is 0. The number of hydrogen-bond donors (Lipinski definition) is 4. The number of carbonyl (C=O) groups excluding carboxylic acids is 1. The van der Waals surface area contributed by atoms with Crippen molar-refractivity contribution in [3.05, 3.63) is 70.7 Å². The van der Waals surface area contributed by atoms with Gasteiger partial charge in [0.15, 0.2) is 6.04 Å². The molecule has 3 aromatic rings. The van der Waals surface area contributed by atoms with E-state index in [0.29, 0.717) is 11.2 Å². The van der Waals surface area contributed by atoms with E-state index < -0.39 is 0 Å². The molecule has 0 saturated carbocycles. The highest BCUT2D eigenvalue weighted by molar-refractivity contribution is 5.95. The van der Waals surface area contributed by atoms with E-state index in [0.717, 1.165) is 25.0 Å². The minimum Gasteiger partial charge on any atom is -0.321 e. The second-order valence-corrected chi connectivity index (χ2v) is 7.01. The lowest BCUT2D eigenvalue weighted by atomic mass is 9.99. The van der Waals surface area contributed by atoms with Crippen LogP contribution in [-0.2, 0) is 4.79 Å². The Bertz CT molecular complexity index is 1050. The molecule has 4 rings (SSSR count). The number of carbonyl (C=O) groups is 1. The number of imidazole rings is 1. The molecule has 2 aromatic carbocycles. The molecule has 27 heavy (non-hydrogen) atoms. The standard InChI is InChI=1S/C21H22N4O2/c1-14(25-11-9-16(10-12-25)15-5-3-2-4-6-15)20(26)22-17-7-8-18-19(13-17)24-21(27)23-18/h2-9,13-14H,10-12H2,1H3,(H,22,26)(H2,23,24,27)/p+1/t14-/m1/s1. The molecule has 0 bridgehead atoms. The number of hydrogen-bond acceptors (Lipinski definition) is 2. The highest BCUT2D eigenvalue weighted by Crippen LogP contribution is 2.18. The Hall–Kier alpha value is -3.12. The summed E-state index contributed by atoms with van der Waals surface area (Å²) in [5, 5.41) is 2.97. The summed E-state index contributed by atoms with van der Waals surface area (Å²) in [5.74, 6) is -0.0150.